The molecule has 0 aliphatic carbocycles. The third-order valence-electron chi connectivity index (χ3n) is 4.68. The normalized spacial score (nSPS) is 16.1. The fourth-order valence-electron chi connectivity index (χ4n) is 3.25. The van der Waals surface area contributed by atoms with E-state index in [1.807, 2.05) is 53.9 Å². The van der Waals surface area contributed by atoms with Crippen LogP contribution in [-0.2, 0) is 11.3 Å². The minimum Gasteiger partial charge on any atom is -0.463 e. The molecule has 3 aromatic heterocycles. The molecule has 1 atom stereocenters. The van der Waals surface area contributed by atoms with Crippen molar-refractivity contribution in [1.29, 1.82) is 0 Å². The second-order valence-corrected chi connectivity index (χ2v) is 8.54. The molecule has 0 bridgehead atoms. The van der Waals surface area contributed by atoms with Crippen LogP contribution in [-0.4, -0.2) is 36.8 Å². The molecule has 1 aliphatic heterocycles. The Labute approximate surface area is 183 Å². The summed E-state index contributed by atoms with van der Waals surface area (Å²) in [6.45, 7) is -0.0552. The standard InChI is InChI=1S/C20H15BrN6O2S/c21-14-7-5-13(6-8-14)20-22-25-26(24-20)12-19(28)27-16(18-4-2-10-30-18)11-15(23-27)17-3-1-9-29-17/h1-10,16H,11-12H2. The molecule has 0 N–H and O–H groups in total. The van der Waals surface area contributed by atoms with Gasteiger partial charge in [0.2, 0.25) is 5.82 Å². The number of carbonyl (C=O) groups excluding carboxylic acids is 1. The van der Waals surface area contributed by atoms with Crippen LogP contribution in [0.25, 0.3) is 11.4 Å². The minimum absolute atomic E-state index is 0.0552. The Morgan fingerprint density at radius 1 is 1.20 bits per heavy atom. The largest absolute Gasteiger partial charge is 0.463 e. The Morgan fingerprint density at radius 3 is 2.80 bits per heavy atom. The van der Waals surface area contributed by atoms with Crippen molar-refractivity contribution >= 4 is 38.9 Å². The monoisotopic (exact) mass is 482 g/mol. The molecule has 1 unspecified atom stereocenters. The number of furan rings is 1. The fourth-order valence-corrected chi connectivity index (χ4v) is 4.33. The molecule has 10 heteroatoms. The summed E-state index contributed by atoms with van der Waals surface area (Å²) in [6.07, 6.45) is 2.19. The van der Waals surface area contributed by atoms with Crippen molar-refractivity contribution in [3.05, 3.63) is 75.3 Å². The van der Waals surface area contributed by atoms with E-state index in [-0.39, 0.29) is 18.5 Å². The molecule has 1 aromatic carbocycles. The van der Waals surface area contributed by atoms with Crippen molar-refractivity contribution in [1.82, 2.24) is 25.2 Å². The molecule has 30 heavy (non-hydrogen) atoms. The lowest BCUT2D eigenvalue weighted by molar-refractivity contribution is -0.134. The number of hydrogen-bond acceptors (Lipinski definition) is 7. The van der Waals surface area contributed by atoms with E-state index in [9.17, 15) is 4.79 Å². The van der Waals surface area contributed by atoms with Crippen LogP contribution in [0.2, 0.25) is 0 Å². The van der Waals surface area contributed by atoms with Crippen molar-refractivity contribution in [3.8, 4) is 11.4 Å². The Morgan fingerprint density at radius 2 is 2.07 bits per heavy atom. The Bertz CT molecular complexity index is 1180. The highest BCUT2D eigenvalue weighted by molar-refractivity contribution is 9.10. The number of benzene rings is 1. The fraction of sp³-hybridized carbons (Fsp3) is 0.150. The topological polar surface area (TPSA) is 89.4 Å². The summed E-state index contributed by atoms with van der Waals surface area (Å²) < 4.78 is 6.45. The van der Waals surface area contributed by atoms with Gasteiger partial charge in [0.25, 0.3) is 5.91 Å². The first-order valence-electron chi connectivity index (χ1n) is 9.18. The van der Waals surface area contributed by atoms with E-state index in [0.29, 0.717) is 18.0 Å². The zero-order valence-electron chi connectivity index (χ0n) is 15.6. The number of aromatic nitrogens is 4. The lowest BCUT2D eigenvalue weighted by atomic mass is 10.1. The lowest BCUT2D eigenvalue weighted by Crippen LogP contribution is -2.30. The number of thiophene rings is 1. The molecule has 150 valence electrons. The van der Waals surface area contributed by atoms with Gasteiger partial charge in [-0.1, -0.05) is 22.0 Å². The van der Waals surface area contributed by atoms with Gasteiger partial charge in [-0.2, -0.15) is 9.90 Å². The zero-order chi connectivity index (χ0) is 20.5. The smallest absolute Gasteiger partial charge is 0.266 e. The number of tetrazole rings is 1. The molecule has 8 nitrogen and oxygen atoms in total. The van der Waals surface area contributed by atoms with Gasteiger partial charge in [-0.25, -0.2) is 5.01 Å². The van der Waals surface area contributed by atoms with Gasteiger partial charge in [0, 0.05) is 21.3 Å². The second kappa shape index (κ2) is 7.96. The van der Waals surface area contributed by atoms with Gasteiger partial charge < -0.3 is 4.42 Å². The molecule has 1 aliphatic rings. The molecule has 0 radical (unpaired) electrons. The van der Waals surface area contributed by atoms with Crippen LogP contribution in [0.3, 0.4) is 0 Å². The van der Waals surface area contributed by atoms with E-state index >= 15 is 0 Å². The number of carbonyl (C=O) groups is 1. The first-order chi connectivity index (χ1) is 14.7. The maximum Gasteiger partial charge on any atom is 0.266 e. The molecule has 1 amide bonds. The second-order valence-electron chi connectivity index (χ2n) is 6.65. The van der Waals surface area contributed by atoms with Crippen molar-refractivity contribution in [2.24, 2.45) is 5.10 Å². The first-order valence-corrected chi connectivity index (χ1v) is 10.9. The van der Waals surface area contributed by atoms with E-state index in [2.05, 4.69) is 36.4 Å². The molecule has 0 fully saturated rings. The van der Waals surface area contributed by atoms with E-state index in [4.69, 9.17) is 4.42 Å². The summed E-state index contributed by atoms with van der Waals surface area (Å²) in [4.78, 5) is 15.4. The average Bonchev–Trinajstić information content (AvgIpc) is 3.55. The number of halogens is 1. The molecule has 0 spiro atoms. The molecule has 5 rings (SSSR count). The van der Waals surface area contributed by atoms with Gasteiger partial charge in [0.1, 0.15) is 18.0 Å². The number of hydrazone groups is 1. The third kappa shape index (κ3) is 3.71. The summed E-state index contributed by atoms with van der Waals surface area (Å²) in [5, 5.41) is 20.5. The minimum atomic E-state index is -0.213. The maximum absolute atomic E-state index is 13.1. The summed E-state index contributed by atoms with van der Waals surface area (Å²) >= 11 is 5.00. The van der Waals surface area contributed by atoms with Crippen LogP contribution < -0.4 is 0 Å². The molecule has 0 saturated carbocycles. The Hall–Kier alpha value is -3.11. The van der Waals surface area contributed by atoms with E-state index in [0.717, 1.165) is 20.6 Å². The maximum atomic E-state index is 13.1. The van der Waals surface area contributed by atoms with Crippen LogP contribution >= 0.6 is 27.3 Å². The predicted octanol–water partition coefficient (Wildman–Crippen LogP) is 4.14. The number of rotatable bonds is 5. The van der Waals surface area contributed by atoms with Crippen LogP contribution in [0.4, 0.5) is 0 Å². The van der Waals surface area contributed by atoms with Gasteiger partial charge >= 0.3 is 0 Å². The molecule has 0 saturated heterocycles. The molecule has 4 heterocycles. The van der Waals surface area contributed by atoms with Crippen LogP contribution in [0.5, 0.6) is 0 Å². The summed E-state index contributed by atoms with van der Waals surface area (Å²) in [5.74, 6) is 0.921. The van der Waals surface area contributed by atoms with E-state index in [1.54, 1.807) is 17.6 Å². The lowest BCUT2D eigenvalue weighted by Gasteiger charge is -2.20. The molecule has 4 aromatic rings. The van der Waals surface area contributed by atoms with Crippen LogP contribution in [0, 0.1) is 0 Å². The quantitative estimate of drug-likeness (QED) is 0.426. The van der Waals surface area contributed by atoms with Gasteiger partial charge in [-0.3, -0.25) is 4.79 Å². The molecular weight excluding hydrogens is 468 g/mol. The van der Waals surface area contributed by atoms with Crippen LogP contribution in [0.15, 0.2) is 74.2 Å². The van der Waals surface area contributed by atoms with Gasteiger partial charge in [0.05, 0.1) is 12.3 Å². The van der Waals surface area contributed by atoms with Crippen molar-refractivity contribution in [2.75, 3.05) is 0 Å². The summed E-state index contributed by atoms with van der Waals surface area (Å²) in [7, 11) is 0. The van der Waals surface area contributed by atoms with E-state index in [1.165, 1.54) is 9.81 Å². The number of nitrogens with zero attached hydrogens (tertiary/aromatic N) is 6. The van der Waals surface area contributed by atoms with Crippen molar-refractivity contribution in [2.45, 2.75) is 19.0 Å². The van der Waals surface area contributed by atoms with Gasteiger partial charge in [-0.15, -0.1) is 21.5 Å². The summed E-state index contributed by atoms with van der Waals surface area (Å²) in [6, 6.07) is 15.1. The van der Waals surface area contributed by atoms with Crippen molar-refractivity contribution < 1.29 is 9.21 Å². The van der Waals surface area contributed by atoms with E-state index < -0.39 is 0 Å². The number of hydrogen-bond donors (Lipinski definition) is 0. The SMILES string of the molecule is O=C(Cn1nnc(-c2ccc(Br)cc2)n1)N1N=C(c2ccco2)CC1c1cccs1. The Kier molecular flexibility index (Phi) is 5.01. The van der Waals surface area contributed by atoms with Gasteiger partial charge in [-0.05, 0) is 53.1 Å². The van der Waals surface area contributed by atoms with Gasteiger partial charge in [0.15, 0.2) is 0 Å². The average molecular weight is 483 g/mol. The Balaban J connectivity index is 1.38. The first kappa shape index (κ1) is 18.9. The molecular formula is C20H15BrN6O2S. The number of amides is 1. The summed E-state index contributed by atoms with van der Waals surface area (Å²) in [5.41, 5.74) is 1.57. The third-order valence-corrected chi connectivity index (χ3v) is 6.18. The van der Waals surface area contributed by atoms with Crippen LogP contribution in [0.1, 0.15) is 23.1 Å². The highest BCUT2D eigenvalue weighted by atomic mass is 79.9. The predicted molar refractivity (Wildman–Crippen MR) is 115 cm³/mol. The highest BCUT2D eigenvalue weighted by Crippen LogP contribution is 2.35. The zero-order valence-corrected chi connectivity index (χ0v) is 18.0. The highest BCUT2D eigenvalue weighted by Gasteiger charge is 2.35. The van der Waals surface area contributed by atoms with Crippen molar-refractivity contribution in [3.63, 3.8) is 0 Å².